The van der Waals surface area contributed by atoms with E-state index in [1.807, 2.05) is 11.8 Å². The molecule has 2 aliphatic rings. The highest BCUT2D eigenvalue weighted by molar-refractivity contribution is 6.36. The highest BCUT2D eigenvalue weighted by Gasteiger charge is 2.39. The molecule has 1 saturated heterocycles. The van der Waals surface area contributed by atoms with Gasteiger partial charge in [0.1, 0.15) is 23.5 Å². The van der Waals surface area contributed by atoms with Gasteiger partial charge < -0.3 is 19.4 Å². The van der Waals surface area contributed by atoms with Gasteiger partial charge in [0.15, 0.2) is 0 Å². The van der Waals surface area contributed by atoms with Crippen LogP contribution >= 0.6 is 11.6 Å². The van der Waals surface area contributed by atoms with Crippen LogP contribution in [0.3, 0.4) is 0 Å². The number of benzene rings is 2. The third kappa shape index (κ3) is 7.52. The lowest BCUT2D eigenvalue weighted by molar-refractivity contribution is -0.388. The fraction of sp³-hybridized carbons (Fsp3) is 0.500. The number of anilines is 1. The van der Waals surface area contributed by atoms with E-state index in [0.717, 1.165) is 24.3 Å². The Morgan fingerprint density at radius 2 is 1.72 bits per heavy atom. The first-order valence-electron chi connectivity index (χ1n) is 14.7. The molecule has 3 aromatic rings. The van der Waals surface area contributed by atoms with Gasteiger partial charge in [-0.15, -0.1) is 0 Å². The van der Waals surface area contributed by atoms with E-state index in [4.69, 9.17) is 20.8 Å². The van der Waals surface area contributed by atoms with Crippen molar-refractivity contribution in [2.24, 2.45) is 0 Å². The van der Waals surface area contributed by atoms with Gasteiger partial charge in [0.05, 0.1) is 27.7 Å². The molecular formula is C30H31ClF6N4O5. The van der Waals surface area contributed by atoms with Crippen LogP contribution in [0.25, 0.3) is 11.0 Å². The van der Waals surface area contributed by atoms with Crippen LogP contribution < -0.4 is 5.32 Å². The van der Waals surface area contributed by atoms with Crippen LogP contribution in [0.5, 0.6) is 0 Å². The lowest BCUT2D eigenvalue weighted by atomic mass is 9.92. The molecule has 1 aromatic heterocycles. The average molecular weight is 677 g/mol. The number of rotatable bonds is 8. The maximum Gasteiger partial charge on any atom is 0.423 e. The Hall–Kier alpha value is -3.56. The van der Waals surface area contributed by atoms with Gasteiger partial charge in [-0.25, -0.2) is 0 Å². The number of nitrogens with zero attached hydrogens (tertiary/aromatic N) is 3. The molecule has 1 aliphatic carbocycles. The molecule has 0 radical (unpaired) electrons. The predicted octanol–water partition coefficient (Wildman–Crippen LogP) is 7.68. The Morgan fingerprint density at radius 1 is 1.04 bits per heavy atom. The zero-order valence-corrected chi connectivity index (χ0v) is 25.3. The maximum atomic E-state index is 13.3. The second kappa shape index (κ2) is 13.3. The second-order valence-corrected chi connectivity index (χ2v) is 11.9. The summed E-state index contributed by atoms with van der Waals surface area (Å²) in [6.45, 7) is 3.53. The molecule has 250 valence electrons. The molecule has 1 N–H and O–H groups in total. The highest BCUT2D eigenvalue weighted by Crippen LogP contribution is 2.40. The summed E-state index contributed by atoms with van der Waals surface area (Å²) < 4.78 is 91.0. The van der Waals surface area contributed by atoms with Crippen molar-refractivity contribution in [2.75, 3.05) is 38.1 Å². The Labute approximate surface area is 264 Å². The summed E-state index contributed by atoms with van der Waals surface area (Å²) >= 11 is 6.44. The predicted molar refractivity (Wildman–Crippen MR) is 157 cm³/mol. The van der Waals surface area contributed by atoms with Crippen LogP contribution in [0.4, 0.5) is 37.7 Å². The van der Waals surface area contributed by atoms with E-state index in [-0.39, 0.29) is 52.4 Å². The number of carbonyl (C=O) groups excluding carboxylic acids is 1. The number of carbonyl (C=O) groups is 1. The number of nitro groups is 1. The van der Waals surface area contributed by atoms with Gasteiger partial charge in [-0.05, 0) is 62.9 Å². The number of ether oxygens (including phenoxy) is 1. The summed E-state index contributed by atoms with van der Waals surface area (Å²) in [4.78, 5) is 26.5. The van der Waals surface area contributed by atoms with Gasteiger partial charge >= 0.3 is 12.4 Å². The molecule has 0 bridgehead atoms. The van der Waals surface area contributed by atoms with Crippen molar-refractivity contribution in [1.82, 2.24) is 9.80 Å². The second-order valence-electron chi connectivity index (χ2n) is 11.5. The van der Waals surface area contributed by atoms with Crippen LogP contribution in [-0.4, -0.2) is 65.6 Å². The smallest absolute Gasteiger partial charge is 0.423 e. The van der Waals surface area contributed by atoms with Crippen molar-refractivity contribution in [3.8, 4) is 0 Å². The number of fused-ring (bicyclic) bond motifs is 1. The van der Waals surface area contributed by atoms with Crippen LogP contribution in [0.1, 0.15) is 55.5 Å². The van der Waals surface area contributed by atoms with E-state index < -0.39 is 34.1 Å². The van der Waals surface area contributed by atoms with Gasteiger partial charge in [0, 0.05) is 49.4 Å². The summed E-state index contributed by atoms with van der Waals surface area (Å²) in [6.07, 6.45) is -7.24. The molecule has 2 aromatic carbocycles. The maximum absolute atomic E-state index is 13.3. The molecule has 2 fully saturated rings. The molecule has 1 saturated carbocycles. The number of hydrogen-bond acceptors (Lipinski definition) is 7. The lowest BCUT2D eigenvalue weighted by Crippen LogP contribution is -2.50. The zero-order chi connectivity index (χ0) is 33.4. The Morgan fingerprint density at radius 3 is 2.33 bits per heavy atom. The SMILES string of the molecule is CC(c1oc2ccc(C(F)(F)F)cc2c1Cl)N1CCN(C(=O)CO[C@H]2CC[C@H](Nc3ccc([N+](=O)[O-])c(C(F)(F)F)c3)CC2)CC1. The average Bonchev–Trinajstić information content (AvgIpc) is 3.34. The number of nitro benzene ring substituents is 1. The summed E-state index contributed by atoms with van der Waals surface area (Å²) in [5.41, 5.74) is -2.72. The Bertz CT molecular complexity index is 1580. The number of alkyl halides is 6. The molecule has 46 heavy (non-hydrogen) atoms. The first-order valence-corrected chi connectivity index (χ1v) is 15.0. The Kier molecular flexibility index (Phi) is 9.76. The van der Waals surface area contributed by atoms with E-state index in [1.165, 1.54) is 12.1 Å². The number of nitrogens with one attached hydrogen (secondary N) is 1. The molecule has 1 amide bonds. The lowest BCUT2D eigenvalue weighted by Gasteiger charge is -2.37. The van der Waals surface area contributed by atoms with Gasteiger partial charge in [0.2, 0.25) is 5.91 Å². The minimum atomic E-state index is -4.86. The van der Waals surface area contributed by atoms with E-state index in [2.05, 4.69) is 5.32 Å². The highest BCUT2D eigenvalue weighted by atomic mass is 35.5. The number of furan rings is 1. The van der Waals surface area contributed by atoms with E-state index >= 15 is 0 Å². The van der Waals surface area contributed by atoms with Crippen molar-refractivity contribution in [3.05, 3.63) is 68.4 Å². The fourth-order valence-electron chi connectivity index (χ4n) is 5.96. The first kappa shape index (κ1) is 33.8. The van der Waals surface area contributed by atoms with Crippen molar-refractivity contribution < 1.29 is 45.2 Å². The van der Waals surface area contributed by atoms with E-state index in [1.54, 1.807) is 4.90 Å². The molecule has 16 heteroatoms. The normalized spacial score (nSPS) is 20.6. The van der Waals surface area contributed by atoms with Gasteiger partial charge in [-0.2, -0.15) is 26.3 Å². The molecule has 1 atom stereocenters. The standard InChI is InChI=1S/C30H31ClF6N4O5/c1-17(28-27(31)22-14-18(29(32,33)34)2-9-25(22)46-28)39-10-12-40(13-11-39)26(42)16-45-21-6-3-19(4-7-21)38-20-5-8-24(41(43)44)23(15-20)30(35,36)37/h2,5,8-9,14-15,17,19,21,38H,3-4,6-7,10-13,16H2,1H3/t17?,19-,21-. The molecular weight excluding hydrogens is 646 g/mol. The molecule has 2 heterocycles. The van der Waals surface area contributed by atoms with Crippen molar-refractivity contribution in [2.45, 2.75) is 63.1 Å². The van der Waals surface area contributed by atoms with Crippen molar-refractivity contribution in [3.63, 3.8) is 0 Å². The van der Waals surface area contributed by atoms with Gasteiger partial charge in [-0.1, -0.05) is 11.6 Å². The molecule has 9 nitrogen and oxygen atoms in total. The third-order valence-corrected chi connectivity index (χ3v) is 8.95. The largest absolute Gasteiger partial charge is 0.458 e. The van der Waals surface area contributed by atoms with E-state index in [9.17, 15) is 41.3 Å². The van der Waals surface area contributed by atoms with Crippen molar-refractivity contribution >= 4 is 39.9 Å². The molecule has 0 spiro atoms. The number of halogens is 7. The molecule has 1 unspecified atom stereocenters. The minimum Gasteiger partial charge on any atom is -0.458 e. The fourth-order valence-corrected chi connectivity index (χ4v) is 6.30. The number of hydrogen-bond donors (Lipinski definition) is 1. The third-order valence-electron chi connectivity index (χ3n) is 8.56. The molecule has 1 aliphatic heterocycles. The van der Waals surface area contributed by atoms with Gasteiger partial charge in [0.25, 0.3) is 5.69 Å². The van der Waals surface area contributed by atoms with Crippen LogP contribution in [0.15, 0.2) is 40.8 Å². The summed E-state index contributed by atoms with van der Waals surface area (Å²) in [7, 11) is 0. The summed E-state index contributed by atoms with van der Waals surface area (Å²) in [5.74, 6) is 0.179. The van der Waals surface area contributed by atoms with Crippen LogP contribution in [0, 0.1) is 10.1 Å². The summed E-state index contributed by atoms with van der Waals surface area (Å²) in [5, 5.41) is 14.3. The minimum absolute atomic E-state index is 0.119. The van der Waals surface area contributed by atoms with Gasteiger partial charge in [-0.3, -0.25) is 19.8 Å². The monoisotopic (exact) mass is 676 g/mol. The van der Waals surface area contributed by atoms with Crippen LogP contribution in [-0.2, 0) is 21.9 Å². The Balaban J connectivity index is 1.07. The van der Waals surface area contributed by atoms with Crippen LogP contribution in [0.2, 0.25) is 5.02 Å². The van der Waals surface area contributed by atoms with E-state index in [0.29, 0.717) is 57.6 Å². The quantitative estimate of drug-likeness (QED) is 0.148. The topological polar surface area (TPSA) is 101 Å². The summed E-state index contributed by atoms with van der Waals surface area (Å²) in [6, 6.07) is 5.54. The molecule has 5 rings (SSSR count). The first-order chi connectivity index (χ1) is 21.6. The van der Waals surface area contributed by atoms with Crippen molar-refractivity contribution in [1.29, 1.82) is 0 Å². The number of amides is 1. The number of piperazine rings is 1. The zero-order valence-electron chi connectivity index (χ0n) is 24.6.